The van der Waals surface area contributed by atoms with Gasteiger partial charge in [-0.2, -0.15) is 0 Å². The van der Waals surface area contributed by atoms with Gasteiger partial charge in [0.05, 0.1) is 11.1 Å². The summed E-state index contributed by atoms with van der Waals surface area (Å²) in [6.07, 6.45) is -0.161. The van der Waals surface area contributed by atoms with Gasteiger partial charge in [-0.05, 0) is 26.0 Å². The Kier molecular flexibility index (Phi) is 4.90. The molecule has 0 atom stereocenters. The molecule has 0 saturated heterocycles. The molecule has 0 N–H and O–H groups in total. The molecule has 0 aliphatic rings. The van der Waals surface area contributed by atoms with Crippen molar-refractivity contribution in [3.05, 3.63) is 28.2 Å². The van der Waals surface area contributed by atoms with Crippen molar-refractivity contribution < 1.29 is 14.3 Å². The van der Waals surface area contributed by atoms with Gasteiger partial charge >= 0.3 is 5.97 Å². The first-order chi connectivity index (χ1) is 7.50. The quantitative estimate of drug-likeness (QED) is 0.781. The van der Waals surface area contributed by atoms with Gasteiger partial charge in [-0.1, -0.05) is 29.3 Å². The molecule has 1 aromatic carbocycles. The van der Waals surface area contributed by atoms with Crippen LogP contribution in [-0.4, -0.2) is 18.7 Å². The number of rotatable bonds is 4. The summed E-state index contributed by atoms with van der Waals surface area (Å²) in [6.45, 7) is 3.35. The minimum absolute atomic E-state index is 0.161. The lowest BCUT2D eigenvalue weighted by Crippen LogP contribution is -2.18. The fourth-order valence-corrected chi connectivity index (χ4v) is 1.38. The third-order valence-corrected chi connectivity index (χ3v) is 2.43. The van der Waals surface area contributed by atoms with E-state index in [4.69, 9.17) is 32.7 Å². The number of carbonyl (C=O) groups is 1. The van der Waals surface area contributed by atoms with Crippen molar-refractivity contribution in [3.63, 3.8) is 0 Å². The normalized spacial score (nSPS) is 10.3. The van der Waals surface area contributed by atoms with E-state index < -0.39 is 5.97 Å². The summed E-state index contributed by atoms with van der Waals surface area (Å²) >= 11 is 11.7. The first kappa shape index (κ1) is 13.1. The van der Waals surface area contributed by atoms with Crippen LogP contribution in [-0.2, 0) is 9.53 Å². The monoisotopic (exact) mass is 262 g/mol. The van der Waals surface area contributed by atoms with Gasteiger partial charge in [0.25, 0.3) is 0 Å². The number of esters is 1. The molecule has 0 unspecified atom stereocenters. The smallest absolute Gasteiger partial charge is 0.344 e. The van der Waals surface area contributed by atoms with Crippen LogP contribution in [0.5, 0.6) is 5.75 Å². The molecule has 0 bridgehead atoms. The number of benzene rings is 1. The average Bonchev–Trinajstić information content (AvgIpc) is 2.19. The Labute approximate surface area is 104 Å². The summed E-state index contributed by atoms with van der Waals surface area (Å²) in [5, 5.41) is 0.679. The van der Waals surface area contributed by atoms with Crippen molar-refractivity contribution in [3.8, 4) is 5.75 Å². The predicted molar refractivity (Wildman–Crippen MR) is 63.2 cm³/mol. The highest BCUT2D eigenvalue weighted by atomic mass is 35.5. The molecule has 0 amide bonds. The molecule has 1 aromatic rings. The van der Waals surface area contributed by atoms with Crippen molar-refractivity contribution in [1.82, 2.24) is 0 Å². The molecular weight excluding hydrogens is 251 g/mol. The Hall–Kier alpha value is -0.930. The number of halogens is 2. The third-order valence-electron chi connectivity index (χ3n) is 1.63. The molecule has 0 aliphatic heterocycles. The van der Waals surface area contributed by atoms with E-state index in [1.54, 1.807) is 32.0 Å². The minimum Gasteiger partial charge on any atom is -0.480 e. The van der Waals surface area contributed by atoms with Crippen LogP contribution in [0.15, 0.2) is 18.2 Å². The van der Waals surface area contributed by atoms with E-state index >= 15 is 0 Å². The minimum atomic E-state index is -0.439. The molecule has 0 spiro atoms. The van der Waals surface area contributed by atoms with E-state index in [-0.39, 0.29) is 12.7 Å². The van der Waals surface area contributed by atoms with Gasteiger partial charge in [0.15, 0.2) is 6.61 Å². The summed E-state index contributed by atoms with van der Waals surface area (Å²) in [5.41, 5.74) is 0. The average molecular weight is 263 g/mol. The van der Waals surface area contributed by atoms with E-state index in [0.717, 1.165) is 0 Å². The van der Waals surface area contributed by atoms with E-state index in [0.29, 0.717) is 15.8 Å². The summed E-state index contributed by atoms with van der Waals surface area (Å²) in [7, 11) is 0. The topological polar surface area (TPSA) is 35.5 Å². The van der Waals surface area contributed by atoms with Crippen LogP contribution in [0.4, 0.5) is 0 Å². The first-order valence-electron chi connectivity index (χ1n) is 4.77. The fraction of sp³-hybridized carbons (Fsp3) is 0.364. The van der Waals surface area contributed by atoms with Crippen LogP contribution in [0.3, 0.4) is 0 Å². The second kappa shape index (κ2) is 5.97. The van der Waals surface area contributed by atoms with Gasteiger partial charge < -0.3 is 9.47 Å². The summed E-state index contributed by atoms with van der Waals surface area (Å²) in [5.74, 6) is -0.0686. The lowest BCUT2D eigenvalue weighted by atomic mass is 10.3. The first-order valence-corrected chi connectivity index (χ1v) is 5.52. The van der Waals surface area contributed by atoms with Crippen LogP contribution >= 0.6 is 23.2 Å². The number of ether oxygens (including phenoxy) is 2. The summed E-state index contributed by atoms with van der Waals surface area (Å²) in [6, 6.07) is 4.97. The van der Waals surface area contributed by atoms with Crippen LogP contribution in [0, 0.1) is 0 Å². The molecule has 0 heterocycles. The van der Waals surface area contributed by atoms with E-state index in [1.165, 1.54) is 0 Å². The Bertz CT molecular complexity index is 377. The van der Waals surface area contributed by atoms with Crippen molar-refractivity contribution >= 4 is 29.2 Å². The van der Waals surface area contributed by atoms with Gasteiger partial charge in [-0.3, -0.25) is 0 Å². The van der Waals surface area contributed by atoms with Gasteiger partial charge in [-0.25, -0.2) is 4.79 Å². The number of carbonyl (C=O) groups excluding carboxylic acids is 1. The zero-order chi connectivity index (χ0) is 12.1. The molecule has 0 aromatic heterocycles. The molecule has 88 valence electrons. The summed E-state index contributed by atoms with van der Waals surface area (Å²) < 4.78 is 10.1. The molecular formula is C11H12Cl2O3. The van der Waals surface area contributed by atoms with E-state index in [2.05, 4.69) is 0 Å². The second-order valence-electron chi connectivity index (χ2n) is 3.38. The SMILES string of the molecule is CC(C)OC(=O)COc1cccc(Cl)c1Cl. The van der Waals surface area contributed by atoms with Crippen molar-refractivity contribution in [2.45, 2.75) is 20.0 Å². The molecule has 0 fully saturated rings. The standard InChI is InChI=1S/C11H12Cl2O3/c1-7(2)16-10(14)6-15-9-5-3-4-8(12)11(9)13/h3-5,7H,6H2,1-2H3. The molecule has 0 aliphatic carbocycles. The van der Waals surface area contributed by atoms with Crippen LogP contribution in [0.2, 0.25) is 10.0 Å². The molecule has 5 heteroatoms. The Morgan fingerprint density at radius 3 is 2.69 bits per heavy atom. The van der Waals surface area contributed by atoms with Crippen LogP contribution < -0.4 is 4.74 Å². The predicted octanol–water partition coefficient (Wildman–Crippen LogP) is 3.32. The molecule has 0 radical (unpaired) electrons. The van der Waals surface area contributed by atoms with Crippen molar-refractivity contribution in [2.75, 3.05) is 6.61 Å². The number of hydrogen-bond donors (Lipinski definition) is 0. The Morgan fingerprint density at radius 1 is 1.38 bits per heavy atom. The summed E-state index contributed by atoms with van der Waals surface area (Å²) in [4.78, 5) is 11.2. The highest BCUT2D eigenvalue weighted by Crippen LogP contribution is 2.31. The Morgan fingerprint density at radius 2 is 2.06 bits per heavy atom. The van der Waals surface area contributed by atoms with Gasteiger partial charge in [-0.15, -0.1) is 0 Å². The van der Waals surface area contributed by atoms with E-state index in [9.17, 15) is 4.79 Å². The number of hydrogen-bond acceptors (Lipinski definition) is 3. The zero-order valence-corrected chi connectivity index (χ0v) is 10.5. The Balaban J connectivity index is 2.55. The lowest BCUT2D eigenvalue weighted by Gasteiger charge is -2.10. The zero-order valence-electron chi connectivity index (χ0n) is 9.00. The highest BCUT2D eigenvalue weighted by Gasteiger charge is 2.09. The van der Waals surface area contributed by atoms with Crippen LogP contribution in [0.1, 0.15) is 13.8 Å². The molecule has 0 saturated carbocycles. The second-order valence-corrected chi connectivity index (χ2v) is 4.16. The van der Waals surface area contributed by atoms with Gasteiger partial charge in [0, 0.05) is 0 Å². The third kappa shape index (κ3) is 3.91. The molecule has 16 heavy (non-hydrogen) atoms. The maximum atomic E-state index is 11.2. The highest BCUT2D eigenvalue weighted by molar-refractivity contribution is 6.42. The van der Waals surface area contributed by atoms with Gasteiger partial charge in [0.1, 0.15) is 10.8 Å². The van der Waals surface area contributed by atoms with Crippen molar-refractivity contribution in [1.29, 1.82) is 0 Å². The van der Waals surface area contributed by atoms with E-state index in [1.807, 2.05) is 0 Å². The van der Waals surface area contributed by atoms with Crippen molar-refractivity contribution in [2.24, 2.45) is 0 Å². The maximum absolute atomic E-state index is 11.2. The fourth-order valence-electron chi connectivity index (χ4n) is 1.03. The maximum Gasteiger partial charge on any atom is 0.344 e. The molecule has 1 rings (SSSR count). The van der Waals surface area contributed by atoms with Gasteiger partial charge in [0.2, 0.25) is 0 Å². The largest absolute Gasteiger partial charge is 0.480 e. The molecule has 3 nitrogen and oxygen atoms in total. The van der Waals surface area contributed by atoms with Crippen LogP contribution in [0.25, 0.3) is 0 Å². The lowest BCUT2D eigenvalue weighted by molar-refractivity contribution is -0.149.